The predicted octanol–water partition coefficient (Wildman–Crippen LogP) is 1.05. The molecule has 0 bridgehead atoms. The van der Waals surface area contributed by atoms with E-state index in [1.54, 1.807) is 0 Å². The zero-order chi connectivity index (χ0) is 12.5. The Morgan fingerprint density at radius 1 is 1.06 bits per heavy atom. The molecule has 17 heavy (non-hydrogen) atoms. The molecule has 2 unspecified atom stereocenters. The van der Waals surface area contributed by atoms with Crippen LogP contribution in [0.25, 0.3) is 0 Å². The molecule has 6 heteroatoms. The van der Waals surface area contributed by atoms with Gasteiger partial charge in [0, 0.05) is 38.3 Å². The average molecular weight is 251 g/mol. The lowest BCUT2D eigenvalue weighted by molar-refractivity contribution is -0.149. The summed E-state index contributed by atoms with van der Waals surface area (Å²) in [5, 5.41) is 0. The van der Waals surface area contributed by atoms with E-state index in [9.17, 15) is 13.2 Å². The van der Waals surface area contributed by atoms with E-state index >= 15 is 0 Å². The average Bonchev–Trinajstić information content (AvgIpc) is 2.63. The molecule has 1 heterocycles. The maximum Gasteiger partial charge on any atom is 0.401 e. The van der Waals surface area contributed by atoms with E-state index in [-0.39, 0.29) is 6.04 Å². The molecule has 1 saturated heterocycles. The zero-order valence-corrected chi connectivity index (χ0v) is 9.92. The van der Waals surface area contributed by atoms with E-state index in [0.29, 0.717) is 19.1 Å². The van der Waals surface area contributed by atoms with Gasteiger partial charge in [-0.1, -0.05) is 0 Å². The molecule has 0 radical (unpaired) electrons. The summed E-state index contributed by atoms with van der Waals surface area (Å²) in [4.78, 5) is 3.80. The Kier molecular flexibility index (Phi) is 3.95. The van der Waals surface area contributed by atoms with Crippen LogP contribution in [0.1, 0.15) is 19.3 Å². The van der Waals surface area contributed by atoms with Crippen LogP contribution in [0.3, 0.4) is 0 Å². The summed E-state index contributed by atoms with van der Waals surface area (Å²) < 4.78 is 36.7. The van der Waals surface area contributed by atoms with E-state index in [1.807, 2.05) is 0 Å². The summed E-state index contributed by atoms with van der Waals surface area (Å²) in [5.74, 6) is 0. The Morgan fingerprint density at radius 2 is 1.71 bits per heavy atom. The van der Waals surface area contributed by atoms with Crippen LogP contribution in [0, 0.1) is 0 Å². The quantitative estimate of drug-likeness (QED) is 0.796. The van der Waals surface area contributed by atoms with Crippen molar-refractivity contribution in [2.24, 2.45) is 5.73 Å². The molecule has 2 fully saturated rings. The molecule has 2 rings (SSSR count). The van der Waals surface area contributed by atoms with Crippen molar-refractivity contribution in [2.45, 2.75) is 37.5 Å². The molecule has 0 amide bonds. The van der Waals surface area contributed by atoms with E-state index in [4.69, 9.17) is 5.73 Å². The molecule has 2 atom stereocenters. The summed E-state index contributed by atoms with van der Waals surface area (Å²) in [7, 11) is 0. The number of hydrogen-bond donors (Lipinski definition) is 1. The molecule has 1 aliphatic heterocycles. The fraction of sp³-hybridized carbons (Fsp3) is 1.00. The first-order chi connectivity index (χ1) is 7.94. The Labute approximate surface area is 99.7 Å². The van der Waals surface area contributed by atoms with Gasteiger partial charge in [0.05, 0.1) is 6.54 Å². The van der Waals surface area contributed by atoms with Crippen molar-refractivity contribution >= 4 is 0 Å². The van der Waals surface area contributed by atoms with E-state index in [2.05, 4.69) is 4.90 Å². The van der Waals surface area contributed by atoms with Crippen LogP contribution in [-0.2, 0) is 0 Å². The third kappa shape index (κ3) is 3.82. The van der Waals surface area contributed by atoms with Crippen molar-refractivity contribution in [3.8, 4) is 0 Å². The molecular weight excluding hydrogens is 231 g/mol. The van der Waals surface area contributed by atoms with Gasteiger partial charge in [-0.2, -0.15) is 13.2 Å². The lowest BCUT2D eigenvalue weighted by Gasteiger charge is -2.38. The standard InChI is InChI=1S/C11H20F3N3/c12-11(13,14)8-16-3-5-17(6-4-16)10-2-1-9(15)7-10/h9-10H,1-8,15H2. The predicted molar refractivity (Wildman–Crippen MR) is 59.7 cm³/mol. The number of hydrogen-bond acceptors (Lipinski definition) is 3. The molecule has 0 aromatic carbocycles. The summed E-state index contributed by atoms with van der Waals surface area (Å²) >= 11 is 0. The highest BCUT2D eigenvalue weighted by atomic mass is 19.4. The maximum absolute atomic E-state index is 12.2. The van der Waals surface area contributed by atoms with Crippen LogP contribution in [-0.4, -0.2) is 60.8 Å². The molecule has 1 aliphatic carbocycles. The van der Waals surface area contributed by atoms with Gasteiger partial charge in [-0.05, 0) is 19.3 Å². The Bertz CT molecular complexity index is 249. The van der Waals surface area contributed by atoms with Crippen molar-refractivity contribution in [1.29, 1.82) is 0 Å². The van der Waals surface area contributed by atoms with Gasteiger partial charge in [-0.3, -0.25) is 9.80 Å². The van der Waals surface area contributed by atoms with Crippen molar-refractivity contribution in [2.75, 3.05) is 32.7 Å². The second-order valence-electron chi connectivity index (χ2n) is 5.15. The van der Waals surface area contributed by atoms with Gasteiger partial charge in [0.15, 0.2) is 0 Å². The summed E-state index contributed by atoms with van der Waals surface area (Å²) in [5.41, 5.74) is 5.86. The fourth-order valence-electron chi connectivity index (χ4n) is 2.86. The van der Waals surface area contributed by atoms with Crippen LogP contribution in [0.15, 0.2) is 0 Å². The normalized spacial score (nSPS) is 33.2. The number of alkyl halides is 3. The summed E-state index contributed by atoms with van der Waals surface area (Å²) in [6.45, 7) is 1.75. The summed E-state index contributed by atoms with van der Waals surface area (Å²) in [6.07, 6.45) is -0.926. The maximum atomic E-state index is 12.2. The fourth-order valence-corrected chi connectivity index (χ4v) is 2.86. The van der Waals surface area contributed by atoms with Crippen LogP contribution in [0.4, 0.5) is 13.2 Å². The second-order valence-corrected chi connectivity index (χ2v) is 5.15. The lowest BCUT2D eigenvalue weighted by Crippen LogP contribution is -2.51. The highest BCUT2D eigenvalue weighted by molar-refractivity contribution is 4.87. The van der Waals surface area contributed by atoms with Gasteiger partial charge in [-0.25, -0.2) is 0 Å². The first kappa shape index (κ1) is 13.1. The minimum Gasteiger partial charge on any atom is -0.328 e. The van der Waals surface area contributed by atoms with Gasteiger partial charge < -0.3 is 5.73 Å². The van der Waals surface area contributed by atoms with Crippen LogP contribution < -0.4 is 5.73 Å². The third-order valence-electron chi connectivity index (χ3n) is 3.77. The Hall–Kier alpha value is -0.330. The molecule has 0 aromatic heterocycles. The topological polar surface area (TPSA) is 32.5 Å². The second kappa shape index (κ2) is 5.12. The Balaban J connectivity index is 1.74. The number of piperazine rings is 1. The highest BCUT2D eigenvalue weighted by Crippen LogP contribution is 2.24. The van der Waals surface area contributed by atoms with Crippen molar-refractivity contribution in [3.63, 3.8) is 0 Å². The van der Waals surface area contributed by atoms with Gasteiger partial charge in [0.2, 0.25) is 0 Å². The minimum absolute atomic E-state index is 0.285. The first-order valence-electron chi connectivity index (χ1n) is 6.23. The number of rotatable bonds is 2. The summed E-state index contributed by atoms with van der Waals surface area (Å²) in [6, 6.07) is 0.784. The number of halogens is 3. The first-order valence-corrected chi connectivity index (χ1v) is 6.23. The lowest BCUT2D eigenvalue weighted by atomic mass is 10.1. The zero-order valence-electron chi connectivity index (χ0n) is 9.92. The van der Waals surface area contributed by atoms with Gasteiger partial charge in [0.1, 0.15) is 0 Å². The Morgan fingerprint density at radius 3 is 2.18 bits per heavy atom. The van der Waals surface area contributed by atoms with E-state index < -0.39 is 12.7 Å². The van der Waals surface area contributed by atoms with Gasteiger partial charge in [-0.15, -0.1) is 0 Å². The van der Waals surface area contributed by atoms with Crippen molar-refractivity contribution in [3.05, 3.63) is 0 Å². The molecule has 0 aromatic rings. The number of nitrogens with two attached hydrogens (primary N) is 1. The SMILES string of the molecule is NC1CCC(N2CCN(CC(F)(F)F)CC2)C1. The smallest absolute Gasteiger partial charge is 0.328 e. The van der Waals surface area contributed by atoms with E-state index in [0.717, 1.165) is 32.4 Å². The third-order valence-corrected chi connectivity index (χ3v) is 3.77. The monoisotopic (exact) mass is 251 g/mol. The molecule has 3 nitrogen and oxygen atoms in total. The molecular formula is C11H20F3N3. The van der Waals surface area contributed by atoms with Crippen LogP contribution in [0.2, 0.25) is 0 Å². The van der Waals surface area contributed by atoms with Gasteiger partial charge >= 0.3 is 6.18 Å². The van der Waals surface area contributed by atoms with E-state index in [1.165, 1.54) is 4.90 Å². The number of nitrogens with zero attached hydrogens (tertiary/aromatic N) is 2. The molecule has 2 N–H and O–H groups in total. The minimum atomic E-state index is -4.07. The van der Waals surface area contributed by atoms with Crippen LogP contribution >= 0.6 is 0 Å². The molecule has 100 valence electrons. The molecule has 0 spiro atoms. The van der Waals surface area contributed by atoms with Crippen LogP contribution in [0.5, 0.6) is 0 Å². The van der Waals surface area contributed by atoms with Crippen molar-refractivity contribution in [1.82, 2.24) is 9.80 Å². The molecule has 1 saturated carbocycles. The van der Waals surface area contributed by atoms with Crippen molar-refractivity contribution < 1.29 is 13.2 Å². The van der Waals surface area contributed by atoms with Gasteiger partial charge in [0.25, 0.3) is 0 Å². The largest absolute Gasteiger partial charge is 0.401 e. The highest BCUT2D eigenvalue weighted by Gasteiger charge is 2.34. The molecule has 2 aliphatic rings.